The average Bonchev–Trinajstić information content (AvgIpc) is 3.02. The zero-order chi connectivity index (χ0) is 13.5. The molecule has 19 heavy (non-hydrogen) atoms. The molecule has 0 radical (unpaired) electrons. The van der Waals surface area contributed by atoms with Gasteiger partial charge in [-0.2, -0.15) is 0 Å². The van der Waals surface area contributed by atoms with Crippen LogP contribution in [0.3, 0.4) is 0 Å². The number of aromatic nitrogens is 2. The minimum atomic E-state index is 0.952. The van der Waals surface area contributed by atoms with Gasteiger partial charge in [-0.15, -0.1) is 11.3 Å². The van der Waals surface area contributed by atoms with E-state index >= 15 is 0 Å². The maximum atomic E-state index is 4.42. The first-order valence-corrected chi connectivity index (χ1v) is 7.93. The highest BCUT2D eigenvalue weighted by Gasteiger charge is 2.05. The Hall–Kier alpha value is -1.13. The van der Waals surface area contributed by atoms with Crippen LogP contribution in [-0.4, -0.2) is 16.1 Å². The van der Waals surface area contributed by atoms with Gasteiger partial charge < -0.3 is 9.88 Å². The second-order valence-corrected chi connectivity index (χ2v) is 6.02. The predicted molar refractivity (Wildman–Crippen MR) is 81.6 cm³/mol. The van der Waals surface area contributed by atoms with E-state index in [1.807, 2.05) is 17.5 Å². The quantitative estimate of drug-likeness (QED) is 0.749. The standard InChI is InChI=1S/C15H23N3S/c1-3-5-15-17-9-10-18(15)12-14-7-6-13(19-14)11-16-8-4-2/h6-7,9-10,16H,3-5,8,11-12H2,1-2H3. The lowest BCUT2D eigenvalue weighted by molar-refractivity contribution is 0.681. The van der Waals surface area contributed by atoms with E-state index in [0.29, 0.717) is 0 Å². The normalized spacial score (nSPS) is 11.1. The number of thiophene rings is 1. The Kier molecular flexibility index (Phi) is 5.61. The molecule has 0 aliphatic heterocycles. The molecule has 104 valence electrons. The molecule has 0 spiro atoms. The Morgan fingerprint density at radius 3 is 2.84 bits per heavy atom. The van der Waals surface area contributed by atoms with Gasteiger partial charge in [0.15, 0.2) is 0 Å². The summed E-state index contributed by atoms with van der Waals surface area (Å²) in [6, 6.07) is 4.47. The van der Waals surface area contributed by atoms with Gasteiger partial charge in [0.25, 0.3) is 0 Å². The Morgan fingerprint density at radius 1 is 1.21 bits per heavy atom. The first-order valence-electron chi connectivity index (χ1n) is 7.11. The van der Waals surface area contributed by atoms with Gasteiger partial charge >= 0.3 is 0 Å². The predicted octanol–water partition coefficient (Wildman–Crippen LogP) is 3.45. The maximum absolute atomic E-state index is 4.42. The maximum Gasteiger partial charge on any atom is 0.108 e. The molecular weight excluding hydrogens is 254 g/mol. The summed E-state index contributed by atoms with van der Waals surface area (Å²) in [6.07, 6.45) is 7.38. The van der Waals surface area contributed by atoms with Crippen molar-refractivity contribution in [1.82, 2.24) is 14.9 Å². The number of rotatable bonds is 8. The van der Waals surface area contributed by atoms with E-state index < -0.39 is 0 Å². The molecule has 0 aliphatic rings. The smallest absolute Gasteiger partial charge is 0.108 e. The van der Waals surface area contributed by atoms with E-state index in [-0.39, 0.29) is 0 Å². The van der Waals surface area contributed by atoms with Gasteiger partial charge in [-0.05, 0) is 31.5 Å². The van der Waals surface area contributed by atoms with Gasteiger partial charge in [-0.3, -0.25) is 0 Å². The van der Waals surface area contributed by atoms with Gasteiger partial charge in [0, 0.05) is 35.1 Å². The van der Waals surface area contributed by atoms with E-state index in [1.54, 1.807) is 0 Å². The summed E-state index contributed by atoms with van der Waals surface area (Å²) in [5, 5.41) is 3.45. The molecule has 0 unspecified atom stereocenters. The van der Waals surface area contributed by atoms with E-state index in [1.165, 1.54) is 22.0 Å². The molecule has 0 saturated heterocycles. The molecular formula is C15H23N3S. The molecule has 0 atom stereocenters. The molecule has 1 N–H and O–H groups in total. The average molecular weight is 277 g/mol. The summed E-state index contributed by atoms with van der Waals surface area (Å²) in [4.78, 5) is 7.25. The third-order valence-corrected chi connectivity index (χ3v) is 4.11. The molecule has 0 aliphatic carbocycles. The Bertz CT molecular complexity index is 487. The van der Waals surface area contributed by atoms with Crippen LogP contribution in [-0.2, 0) is 19.5 Å². The monoisotopic (exact) mass is 277 g/mol. The van der Waals surface area contributed by atoms with Crippen LogP contribution in [0, 0.1) is 0 Å². The van der Waals surface area contributed by atoms with Gasteiger partial charge in [-0.1, -0.05) is 13.8 Å². The first kappa shape index (κ1) is 14.3. The summed E-state index contributed by atoms with van der Waals surface area (Å²) in [5.41, 5.74) is 0. The van der Waals surface area contributed by atoms with E-state index in [9.17, 15) is 0 Å². The highest BCUT2D eigenvalue weighted by Crippen LogP contribution is 2.18. The molecule has 0 aromatic carbocycles. The van der Waals surface area contributed by atoms with Gasteiger partial charge in [-0.25, -0.2) is 4.98 Å². The van der Waals surface area contributed by atoms with Crippen LogP contribution in [0.2, 0.25) is 0 Å². The van der Waals surface area contributed by atoms with Gasteiger partial charge in [0.1, 0.15) is 5.82 Å². The van der Waals surface area contributed by atoms with E-state index in [4.69, 9.17) is 0 Å². The SMILES string of the molecule is CCCNCc1ccc(Cn2ccnc2CCC)s1. The zero-order valence-electron chi connectivity index (χ0n) is 11.9. The van der Waals surface area contributed by atoms with Crippen molar-refractivity contribution >= 4 is 11.3 Å². The fourth-order valence-corrected chi connectivity index (χ4v) is 3.08. The van der Waals surface area contributed by atoms with Crippen molar-refractivity contribution in [3.63, 3.8) is 0 Å². The first-order chi connectivity index (χ1) is 9.33. The van der Waals surface area contributed by atoms with Crippen molar-refractivity contribution in [3.8, 4) is 0 Å². The molecule has 0 fully saturated rings. The van der Waals surface area contributed by atoms with Crippen LogP contribution in [0.1, 0.15) is 42.3 Å². The summed E-state index contributed by atoms with van der Waals surface area (Å²) in [6.45, 7) is 7.43. The van der Waals surface area contributed by atoms with Crippen molar-refractivity contribution in [1.29, 1.82) is 0 Å². The van der Waals surface area contributed by atoms with Crippen molar-refractivity contribution < 1.29 is 0 Å². The van der Waals surface area contributed by atoms with Crippen molar-refractivity contribution in [2.45, 2.75) is 46.2 Å². The van der Waals surface area contributed by atoms with E-state index in [2.05, 4.69) is 47.0 Å². The van der Waals surface area contributed by atoms with Gasteiger partial charge in [0.05, 0.1) is 6.54 Å². The number of nitrogens with one attached hydrogen (secondary N) is 1. The van der Waals surface area contributed by atoms with Crippen molar-refractivity contribution in [2.24, 2.45) is 0 Å². The van der Waals surface area contributed by atoms with Crippen LogP contribution >= 0.6 is 11.3 Å². The number of imidazole rings is 1. The molecule has 2 aromatic rings. The second kappa shape index (κ2) is 7.46. The summed E-state index contributed by atoms with van der Waals surface area (Å²) in [5.74, 6) is 1.20. The van der Waals surface area contributed by atoms with Gasteiger partial charge in [0.2, 0.25) is 0 Å². The largest absolute Gasteiger partial charge is 0.330 e. The highest BCUT2D eigenvalue weighted by molar-refractivity contribution is 7.11. The zero-order valence-corrected chi connectivity index (χ0v) is 12.7. The summed E-state index contributed by atoms with van der Waals surface area (Å²) < 4.78 is 2.26. The topological polar surface area (TPSA) is 29.9 Å². The van der Waals surface area contributed by atoms with Crippen LogP contribution < -0.4 is 5.32 Å². The van der Waals surface area contributed by atoms with Crippen LogP contribution in [0.15, 0.2) is 24.5 Å². The third kappa shape index (κ3) is 4.18. The molecule has 4 heteroatoms. The minimum absolute atomic E-state index is 0.952. The fourth-order valence-electron chi connectivity index (χ4n) is 2.09. The third-order valence-electron chi connectivity index (χ3n) is 3.04. The lowest BCUT2D eigenvalue weighted by atomic mass is 10.3. The second-order valence-electron chi connectivity index (χ2n) is 4.77. The summed E-state index contributed by atoms with van der Waals surface area (Å²) in [7, 11) is 0. The van der Waals surface area contributed by atoms with Crippen molar-refractivity contribution in [2.75, 3.05) is 6.54 Å². The molecule has 2 rings (SSSR count). The molecule has 0 saturated carbocycles. The fraction of sp³-hybridized carbons (Fsp3) is 0.533. The molecule has 0 amide bonds. The lowest BCUT2D eigenvalue weighted by Gasteiger charge is -2.05. The lowest BCUT2D eigenvalue weighted by Crippen LogP contribution is -2.12. The molecule has 3 nitrogen and oxygen atoms in total. The van der Waals surface area contributed by atoms with Crippen LogP contribution in [0.25, 0.3) is 0 Å². The minimum Gasteiger partial charge on any atom is -0.330 e. The summed E-state index contributed by atoms with van der Waals surface area (Å²) >= 11 is 1.90. The Balaban J connectivity index is 1.93. The number of hydrogen-bond donors (Lipinski definition) is 1. The number of nitrogens with zero attached hydrogens (tertiary/aromatic N) is 2. The number of hydrogen-bond acceptors (Lipinski definition) is 3. The number of aryl methyl sites for hydroxylation is 1. The van der Waals surface area contributed by atoms with Crippen LogP contribution in [0.4, 0.5) is 0 Å². The Morgan fingerprint density at radius 2 is 2.05 bits per heavy atom. The van der Waals surface area contributed by atoms with Crippen molar-refractivity contribution in [3.05, 3.63) is 40.1 Å². The highest BCUT2D eigenvalue weighted by atomic mass is 32.1. The van der Waals surface area contributed by atoms with Crippen LogP contribution in [0.5, 0.6) is 0 Å². The molecule has 0 bridgehead atoms. The Labute approximate surface area is 119 Å². The molecule has 2 aromatic heterocycles. The molecule has 2 heterocycles. The van der Waals surface area contributed by atoms with E-state index in [0.717, 1.165) is 32.5 Å².